The van der Waals surface area contributed by atoms with Crippen molar-refractivity contribution in [2.45, 2.75) is 6.42 Å². The summed E-state index contributed by atoms with van der Waals surface area (Å²) in [5.74, 6) is 0.112. The van der Waals surface area contributed by atoms with Crippen LogP contribution in [-0.2, 0) is 11.2 Å². The number of carboxylic acids is 1. The van der Waals surface area contributed by atoms with Gasteiger partial charge in [0.15, 0.2) is 0 Å². The lowest BCUT2D eigenvalue weighted by Crippen LogP contribution is -2.19. The monoisotopic (exact) mass is 282 g/mol. The van der Waals surface area contributed by atoms with Gasteiger partial charge in [-0.25, -0.2) is 4.79 Å². The molecular formula is C12H11BrO3. The standard InChI is InChI=1S/C12H11BrO3/c13-10-2-3-11-9(6-10)5-8(7-16-11)1-4-12(14)15/h1-4,6,8H,5,7H2,(H,14,15)/b4-1+. The summed E-state index contributed by atoms with van der Waals surface area (Å²) in [6.45, 7) is 0.540. The van der Waals surface area contributed by atoms with Crippen LogP contribution in [0.1, 0.15) is 5.56 Å². The first-order valence-electron chi connectivity index (χ1n) is 4.97. The Labute approximate surface area is 102 Å². The summed E-state index contributed by atoms with van der Waals surface area (Å²) >= 11 is 3.40. The summed E-state index contributed by atoms with van der Waals surface area (Å²) in [4.78, 5) is 10.4. The second kappa shape index (κ2) is 4.70. The van der Waals surface area contributed by atoms with Gasteiger partial charge in [0.2, 0.25) is 0 Å². The summed E-state index contributed by atoms with van der Waals surface area (Å²) in [6, 6.07) is 5.87. The van der Waals surface area contributed by atoms with Crippen molar-refractivity contribution >= 4 is 21.9 Å². The molecule has 0 spiro atoms. The van der Waals surface area contributed by atoms with Crippen LogP contribution < -0.4 is 4.74 Å². The van der Waals surface area contributed by atoms with E-state index in [2.05, 4.69) is 15.9 Å². The second-order valence-electron chi connectivity index (χ2n) is 3.72. The molecule has 0 bridgehead atoms. The van der Waals surface area contributed by atoms with Gasteiger partial charge in [-0.15, -0.1) is 0 Å². The molecule has 2 rings (SSSR count). The van der Waals surface area contributed by atoms with Gasteiger partial charge in [0.25, 0.3) is 0 Å². The van der Waals surface area contributed by atoms with Crippen LogP contribution in [0.3, 0.4) is 0 Å². The molecule has 1 heterocycles. The van der Waals surface area contributed by atoms with Gasteiger partial charge in [-0.05, 0) is 30.2 Å². The smallest absolute Gasteiger partial charge is 0.327 e. The lowest BCUT2D eigenvalue weighted by atomic mass is 9.96. The molecule has 1 aliphatic heterocycles. The second-order valence-corrected chi connectivity index (χ2v) is 4.64. The predicted molar refractivity (Wildman–Crippen MR) is 63.6 cm³/mol. The zero-order chi connectivity index (χ0) is 11.5. The third-order valence-electron chi connectivity index (χ3n) is 2.47. The first-order valence-corrected chi connectivity index (χ1v) is 5.77. The molecule has 0 amide bonds. The zero-order valence-electron chi connectivity index (χ0n) is 8.52. The van der Waals surface area contributed by atoms with Crippen molar-refractivity contribution in [2.75, 3.05) is 6.61 Å². The first kappa shape index (κ1) is 11.2. The van der Waals surface area contributed by atoms with E-state index in [9.17, 15) is 4.79 Å². The molecule has 1 aromatic rings. The van der Waals surface area contributed by atoms with Crippen molar-refractivity contribution < 1.29 is 14.6 Å². The van der Waals surface area contributed by atoms with Crippen molar-refractivity contribution in [1.29, 1.82) is 0 Å². The molecule has 0 saturated carbocycles. The molecule has 0 saturated heterocycles. The highest BCUT2D eigenvalue weighted by Crippen LogP contribution is 2.30. The van der Waals surface area contributed by atoms with Gasteiger partial charge in [0.1, 0.15) is 5.75 Å². The molecule has 1 N–H and O–H groups in total. The minimum Gasteiger partial charge on any atom is -0.493 e. The molecule has 1 aliphatic rings. The molecule has 0 radical (unpaired) electrons. The maximum Gasteiger partial charge on any atom is 0.327 e. The highest BCUT2D eigenvalue weighted by molar-refractivity contribution is 9.10. The average molecular weight is 283 g/mol. The van der Waals surface area contributed by atoms with E-state index in [-0.39, 0.29) is 5.92 Å². The fourth-order valence-corrected chi connectivity index (χ4v) is 2.14. The molecule has 16 heavy (non-hydrogen) atoms. The Morgan fingerprint density at radius 1 is 1.56 bits per heavy atom. The molecule has 0 fully saturated rings. The first-order chi connectivity index (χ1) is 7.65. The van der Waals surface area contributed by atoms with Crippen molar-refractivity contribution in [1.82, 2.24) is 0 Å². The molecule has 0 aromatic heterocycles. The molecule has 84 valence electrons. The Balaban J connectivity index is 2.13. The lowest BCUT2D eigenvalue weighted by Gasteiger charge is -2.23. The third kappa shape index (κ3) is 2.64. The average Bonchev–Trinajstić information content (AvgIpc) is 2.25. The van der Waals surface area contributed by atoms with Crippen molar-refractivity contribution in [3.8, 4) is 5.75 Å². The van der Waals surface area contributed by atoms with Crippen LogP contribution in [0.15, 0.2) is 34.8 Å². The number of hydrogen-bond donors (Lipinski definition) is 1. The fourth-order valence-electron chi connectivity index (χ4n) is 1.73. The van der Waals surface area contributed by atoms with Crippen LogP contribution in [0.5, 0.6) is 5.75 Å². The van der Waals surface area contributed by atoms with Crippen LogP contribution in [-0.4, -0.2) is 17.7 Å². The number of benzene rings is 1. The van der Waals surface area contributed by atoms with Gasteiger partial charge in [-0.3, -0.25) is 0 Å². The Hall–Kier alpha value is -1.29. The Kier molecular flexibility index (Phi) is 3.29. The van der Waals surface area contributed by atoms with Crippen LogP contribution in [0.2, 0.25) is 0 Å². The number of aliphatic carboxylic acids is 1. The highest BCUT2D eigenvalue weighted by atomic mass is 79.9. The van der Waals surface area contributed by atoms with E-state index < -0.39 is 5.97 Å². The maximum atomic E-state index is 10.4. The largest absolute Gasteiger partial charge is 0.493 e. The van der Waals surface area contributed by atoms with Crippen LogP contribution in [0, 0.1) is 5.92 Å². The van der Waals surface area contributed by atoms with Crippen LogP contribution in [0.25, 0.3) is 0 Å². The van der Waals surface area contributed by atoms with E-state index in [1.54, 1.807) is 6.08 Å². The van der Waals surface area contributed by atoms with Crippen molar-refractivity contribution in [3.05, 3.63) is 40.4 Å². The summed E-state index contributed by atoms with van der Waals surface area (Å²) < 4.78 is 6.57. The zero-order valence-corrected chi connectivity index (χ0v) is 10.1. The lowest BCUT2D eigenvalue weighted by molar-refractivity contribution is -0.131. The van der Waals surface area contributed by atoms with Crippen molar-refractivity contribution in [3.63, 3.8) is 0 Å². The summed E-state index contributed by atoms with van der Waals surface area (Å²) in [5.41, 5.74) is 1.11. The highest BCUT2D eigenvalue weighted by Gasteiger charge is 2.17. The summed E-state index contributed by atoms with van der Waals surface area (Å²) in [7, 11) is 0. The maximum absolute atomic E-state index is 10.4. The number of carboxylic acid groups (broad SMARTS) is 1. The SMILES string of the molecule is O=C(O)/C=C/C1COc2ccc(Br)cc2C1. The number of ether oxygens (including phenoxy) is 1. The number of carbonyl (C=O) groups is 1. The fraction of sp³-hybridized carbons (Fsp3) is 0.250. The van der Waals surface area contributed by atoms with Gasteiger partial charge in [-0.2, -0.15) is 0 Å². The number of halogens is 1. The van der Waals surface area contributed by atoms with Gasteiger partial charge in [0, 0.05) is 16.5 Å². The van der Waals surface area contributed by atoms with Gasteiger partial charge < -0.3 is 9.84 Å². The summed E-state index contributed by atoms with van der Waals surface area (Å²) in [6.07, 6.45) is 3.68. The number of rotatable bonds is 2. The van der Waals surface area contributed by atoms with E-state index in [0.717, 1.165) is 22.2 Å². The van der Waals surface area contributed by atoms with E-state index in [4.69, 9.17) is 9.84 Å². The van der Waals surface area contributed by atoms with Gasteiger partial charge in [0.05, 0.1) is 6.61 Å². The number of hydrogen-bond acceptors (Lipinski definition) is 2. The minimum atomic E-state index is -0.917. The van der Waals surface area contributed by atoms with Crippen LogP contribution >= 0.6 is 15.9 Å². The Morgan fingerprint density at radius 2 is 2.38 bits per heavy atom. The topological polar surface area (TPSA) is 46.5 Å². The molecule has 0 aliphatic carbocycles. The molecule has 1 unspecified atom stereocenters. The van der Waals surface area contributed by atoms with Crippen molar-refractivity contribution in [2.24, 2.45) is 5.92 Å². The van der Waals surface area contributed by atoms with E-state index in [1.165, 1.54) is 6.08 Å². The Bertz CT molecular complexity index is 440. The predicted octanol–water partition coefficient (Wildman–Crippen LogP) is 2.64. The molecular weight excluding hydrogens is 272 g/mol. The van der Waals surface area contributed by atoms with E-state index in [0.29, 0.717) is 6.61 Å². The summed E-state index contributed by atoms with van der Waals surface area (Å²) in [5, 5.41) is 8.55. The van der Waals surface area contributed by atoms with E-state index >= 15 is 0 Å². The Morgan fingerprint density at radius 3 is 3.12 bits per heavy atom. The molecule has 3 nitrogen and oxygen atoms in total. The quantitative estimate of drug-likeness (QED) is 0.849. The van der Waals surface area contributed by atoms with Gasteiger partial charge >= 0.3 is 5.97 Å². The molecule has 1 aromatic carbocycles. The third-order valence-corrected chi connectivity index (χ3v) is 2.96. The number of fused-ring (bicyclic) bond motifs is 1. The van der Waals surface area contributed by atoms with E-state index in [1.807, 2.05) is 18.2 Å². The normalized spacial score (nSPS) is 19.2. The molecule has 4 heteroatoms. The molecule has 1 atom stereocenters. The van der Waals surface area contributed by atoms with Crippen LogP contribution in [0.4, 0.5) is 0 Å². The van der Waals surface area contributed by atoms with Gasteiger partial charge in [-0.1, -0.05) is 22.0 Å². The minimum absolute atomic E-state index is 0.137.